The molecule has 1 saturated heterocycles. The lowest BCUT2D eigenvalue weighted by molar-refractivity contribution is -0.119. The van der Waals surface area contributed by atoms with Crippen LogP contribution in [0.1, 0.15) is 40.5 Å². The third-order valence-electron chi connectivity index (χ3n) is 5.22. The van der Waals surface area contributed by atoms with Crippen LogP contribution in [-0.2, 0) is 14.8 Å². The summed E-state index contributed by atoms with van der Waals surface area (Å²) in [4.78, 5) is 14.9. The van der Waals surface area contributed by atoms with Crippen molar-refractivity contribution in [3.8, 4) is 0 Å². The zero-order valence-corrected chi connectivity index (χ0v) is 17.6. The summed E-state index contributed by atoms with van der Waals surface area (Å²) in [5.41, 5.74) is 7.24. The fourth-order valence-corrected chi connectivity index (χ4v) is 4.69. The van der Waals surface area contributed by atoms with Crippen molar-refractivity contribution in [2.45, 2.75) is 51.5 Å². The second-order valence-corrected chi connectivity index (χ2v) is 9.04. The summed E-state index contributed by atoms with van der Waals surface area (Å²) in [5, 5.41) is 2.91. The van der Waals surface area contributed by atoms with E-state index in [-0.39, 0.29) is 22.8 Å². The Morgan fingerprint density at radius 1 is 1.22 bits per heavy atom. The molecule has 152 valence electrons. The molecule has 1 fully saturated rings. The number of hydrogen-bond donors (Lipinski definition) is 2. The lowest BCUT2D eigenvalue weighted by Crippen LogP contribution is -2.35. The monoisotopic (exact) mass is 396 g/mol. The maximum Gasteiger partial charge on any atom is 0.243 e. The summed E-state index contributed by atoms with van der Waals surface area (Å²) >= 11 is 0. The number of benzene rings is 1. The van der Waals surface area contributed by atoms with Crippen LogP contribution in [0.25, 0.3) is 0 Å². The van der Waals surface area contributed by atoms with Crippen LogP contribution in [0.3, 0.4) is 0 Å². The van der Waals surface area contributed by atoms with Crippen molar-refractivity contribution in [1.82, 2.24) is 4.31 Å². The van der Waals surface area contributed by atoms with Crippen molar-refractivity contribution in [3.05, 3.63) is 18.2 Å². The molecule has 0 radical (unpaired) electrons. The minimum atomic E-state index is -3.60. The highest BCUT2D eigenvalue weighted by Crippen LogP contribution is 2.32. The zero-order chi connectivity index (χ0) is 20.2. The smallest absolute Gasteiger partial charge is 0.243 e. The summed E-state index contributed by atoms with van der Waals surface area (Å²) in [6.45, 7) is 9.77. The van der Waals surface area contributed by atoms with E-state index in [2.05, 4.69) is 10.2 Å². The van der Waals surface area contributed by atoms with Crippen LogP contribution in [0.15, 0.2) is 23.1 Å². The number of anilines is 2. The molecule has 1 aromatic carbocycles. The Balaban J connectivity index is 2.44. The van der Waals surface area contributed by atoms with Crippen LogP contribution >= 0.6 is 0 Å². The second-order valence-electron chi connectivity index (χ2n) is 7.10. The van der Waals surface area contributed by atoms with Crippen LogP contribution in [0.2, 0.25) is 0 Å². The van der Waals surface area contributed by atoms with Crippen molar-refractivity contribution in [2.75, 3.05) is 36.4 Å². The molecule has 0 spiro atoms. The topological polar surface area (TPSA) is 95.7 Å². The number of nitrogens with one attached hydrogen (secondary N) is 1. The Bertz CT molecular complexity index is 754. The molecular weight excluding hydrogens is 364 g/mol. The molecule has 1 amide bonds. The molecule has 8 heteroatoms. The molecule has 2 rings (SSSR count). The summed E-state index contributed by atoms with van der Waals surface area (Å²) in [7, 11) is -3.60. The maximum absolute atomic E-state index is 12.9. The van der Waals surface area contributed by atoms with E-state index in [0.29, 0.717) is 18.8 Å². The van der Waals surface area contributed by atoms with Crippen LogP contribution in [-0.4, -0.2) is 50.9 Å². The highest BCUT2D eigenvalue weighted by Gasteiger charge is 2.26. The van der Waals surface area contributed by atoms with Gasteiger partial charge in [-0.2, -0.15) is 4.31 Å². The van der Waals surface area contributed by atoms with Crippen LogP contribution in [0.4, 0.5) is 11.4 Å². The van der Waals surface area contributed by atoms with Crippen molar-refractivity contribution in [1.29, 1.82) is 0 Å². The predicted molar refractivity (Wildman–Crippen MR) is 109 cm³/mol. The Kier molecular flexibility index (Phi) is 7.25. The van der Waals surface area contributed by atoms with Gasteiger partial charge in [0.15, 0.2) is 0 Å². The molecule has 27 heavy (non-hydrogen) atoms. The van der Waals surface area contributed by atoms with Gasteiger partial charge in [-0.3, -0.25) is 4.79 Å². The molecule has 1 aliphatic rings. The Morgan fingerprint density at radius 2 is 1.81 bits per heavy atom. The Labute approximate surface area is 163 Å². The van der Waals surface area contributed by atoms with Crippen molar-refractivity contribution >= 4 is 27.3 Å². The van der Waals surface area contributed by atoms with Crippen LogP contribution < -0.4 is 16.0 Å². The molecule has 0 bridgehead atoms. The molecule has 3 N–H and O–H groups in total. The fraction of sp³-hybridized carbons (Fsp3) is 0.632. The number of nitrogens with zero attached hydrogens (tertiary/aromatic N) is 2. The van der Waals surface area contributed by atoms with Gasteiger partial charge in [0, 0.05) is 32.2 Å². The molecule has 0 aliphatic carbocycles. The van der Waals surface area contributed by atoms with Crippen LogP contribution in [0, 0.1) is 5.92 Å². The van der Waals surface area contributed by atoms with E-state index in [0.717, 1.165) is 31.6 Å². The van der Waals surface area contributed by atoms with E-state index < -0.39 is 10.0 Å². The fourth-order valence-electron chi connectivity index (χ4n) is 3.21. The van der Waals surface area contributed by atoms with E-state index in [4.69, 9.17) is 5.73 Å². The number of nitrogens with two attached hydrogens (primary N) is 1. The van der Waals surface area contributed by atoms with Gasteiger partial charge >= 0.3 is 0 Å². The van der Waals surface area contributed by atoms with Gasteiger partial charge in [0.25, 0.3) is 0 Å². The first kappa shape index (κ1) is 21.7. The first-order valence-electron chi connectivity index (χ1n) is 9.67. The number of sulfonamides is 1. The van der Waals surface area contributed by atoms with Gasteiger partial charge in [-0.1, -0.05) is 20.8 Å². The van der Waals surface area contributed by atoms with Gasteiger partial charge in [-0.15, -0.1) is 0 Å². The number of hydrogen-bond acceptors (Lipinski definition) is 5. The number of carbonyl (C=O) groups excluding carboxylic acids is 1. The zero-order valence-electron chi connectivity index (χ0n) is 16.7. The highest BCUT2D eigenvalue weighted by molar-refractivity contribution is 7.89. The van der Waals surface area contributed by atoms with Gasteiger partial charge in [0.1, 0.15) is 0 Å². The second kappa shape index (κ2) is 9.03. The van der Waals surface area contributed by atoms with Gasteiger partial charge < -0.3 is 16.0 Å². The first-order valence-corrected chi connectivity index (χ1v) is 11.1. The van der Waals surface area contributed by atoms with E-state index in [1.54, 1.807) is 32.0 Å². The predicted octanol–water partition coefficient (Wildman–Crippen LogP) is 2.24. The molecule has 1 heterocycles. The first-order chi connectivity index (χ1) is 12.7. The SMILES string of the molecule is CCN(CC)S(=O)(=O)c1ccc(N2CCCC2)c(NC(=O)C(C)C(C)N)c1. The standard InChI is InChI=1S/C19H32N4O3S/c1-5-23(6-2)27(25,26)16-9-10-18(22-11-7-8-12-22)17(13-16)21-19(24)14(3)15(4)20/h9-10,13-15H,5-8,11-12,20H2,1-4H3,(H,21,24). The third-order valence-corrected chi connectivity index (χ3v) is 7.26. The maximum atomic E-state index is 12.9. The number of rotatable bonds is 8. The Morgan fingerprint density at radius 3 is 2.33 bits per heavy atom. The Hall–Kier alpha value is -1.64. The van der Waals surface area contributed by atoms with Crippen molar-refractivity contribution < 1.29 is 13.2 Å². The summed E-state index contributed by atoms with van der Waals surface area (Å²) in [5.74, 6) is -0.581. The number of amides is 1. The lowest BCUT2D eigenvalue weighted by Gasteiger charge is -2.25. The van der Waals surface area contributed by atoms with E-state index in [9.17, 15) is 13.2 Å². The van der Waals surface area contributed by atoms with Crippen LogP contribution in [0.5, 0.6) is 0 Å². The molecule has 1 aromatic rings. The average molecular weight is 397 g/mol. The minimum Gasteiger partial charge on any atom is -0.370 e. The highest BCUT2D eigenvalue weighted by atomic mass is 32.2. The summed E-state index contributed by atoms with van der Waals surface area (Å²) in [6, 6.07) is 4.72. The average Bonchev–Trinajstić information content (AvgIpc) is 3.16. The van der Waals surface area contributed by atoms with E-state index in [1.165, 1.54) is 4.31 Å². The molecule has 7 nitrogen and oxygen atoms in total. The molecule has 0 saturated carbocycles. The van der Waals surface area contributed by atoms with E-state index >= 15 is 0 Å². The lowest BCUT2D eigenvalue weighted by atomic mass is 10.0. The van der Waals surface area contributed by atoms with Gasteiger partial charge in [0.05, 0.1) is 22.2 Å². The molecule has 2 unspecified atom stereocenters. The van der Waals surface area contributed by atoms with Gasteiger partial charge in [-0.05, 0) is 38.0 Å². The van der Waals surface area contributed by atoms with Crippen molar-refractivity contribution in [2.24, 2.45) is 11.7 Å². The molecular formula is C19H32N4O3S. The molecule has 1 aliphatic heterocycles. The quantitative estimate of drug-likeness (QED) is 0.703. The number of carbonyl (C=O) groups is 1. The largest absolute Gasteiger partial charge is 0.370 e. The molecule has 0 aromatic heterocycles. The molecule has 2 atom stereocenters. The van der Waals surface area contributed by atoms with Gasteiger partial charge in [0.2, 0.25) is 15.9 Å². The summed E-state index contributed by atoms with van der Waals surface area (Å²) in [6.07, 6.45) is 2.17. The summed E-state index contributed by atoms with van der Waals surface area (Å²) < 4.78 is 27.2. The van der Waals surface area contributed by atoms with Crippen molar-refractivity contribution in [3.63, 3.8) is 0 Å². The van der Waals surface area contributed by atoms with E-state index in [1.807, 2.05) is 13.8 Å². The minimum absolute atomic E-state index is 0.192. The normalized spacial score (nSPS) is 17.2. The third kappa shape index (κ3) is 4.80. The van der Waals surface area contributed by atoms with Gasteiger partial charge in [-0.25, -0.2) is 8.42 Å².